The van der Waals surface area contributed by atoms with Gasteiger partial charge in [-0.25, -0.2) is 0 Å². The number of hydrogen-bond acceptors (Lipinski definition) is 4. The van der Waals surface area contributed by atoms with E-state index in [1.807, 2.05) is 6.07 Å². The van der Waals surface area contributed by atoms with Crippen molar-refractivity contribution in [2.45, 2.75) is 32.9 Å². The van der Waals surface area contributed by atoms with E-state index in [0.29, 0.717) is 0 Å². The maximum absolute atomic E-state index is 12.4. The minimum absolute atomic E-state index is 0.0424. The summed E-state index contributed by atoms with van der Waals surface area (Å²) in [6, 6.07) is 5.05. The van der Waals surface area contributed by atoms with Crippen LogP contribution in [0, 0.1) is 0 Å². The van der Waals surface area contributed by atoms with E-state index in [9.17, 15) is 8.78 Å². The quantitative estimate of drug-likeness (QED) is 0.872. The van der Waals surface area contributed by atoms with Crippen LogP contribution in [0.3, 0.4) is 0 Å². The van der Waals surface area contributed by atoms with E-state index in [2.05, 4.69) is 35.3 Å². The van der Waals surface area contributed by atoms with Crippen molar-refractivity contribution < 1.29 is 13.5 Å². The standard InChI is InChI=1S/C15H23F2N3O/c1-15(2,3)20-8-6-19(7-9-20)11-4-5-12(18)13(10-11)21-14(16)17/h4-5,10,14H,6-9,18H2,1-3H3. The Morgan fingerprint density at radius 3 is 2.29 bits per heavy atom. The SMILES string of the molecule is CC(C)(C)N1CCN(c2ccc(N)c(OC(F)F)c2)CC1. The molecule has 1 aliphatic heterocycles. The number of nitrogens with zero attached hydrogens (tertiary/aromatic N) is 2. The highest BCUT2D eigenvalue weighted by Crippen LogP contribution is 2.30. The number of alkyl halides is 2. The van der Waals surface area contributed by atoms with E-state index < -0.39 is 6.61 Å². The molecule has 1 aromatic rings. The van der Waals surface area contributed by atoms with Crippen LogP contribution >= 0.6 is 0 Å². The lowest BCUT2D eigenvalue weighted by Crippen LogP contribution is -2.53. The normalized spacial score (nSPS) is 17.3. The first kappa shape index (κ1) is 15.8. The Morgan fingerprint density at radius 2 is 1.76 bits per heavy atom. The molecule has 1 fully saturated rings. The Balaban J connectivity index is 2.07. The van der Waals surface area contributed by atoms with Gasteiger partial charge in [0.2, 0.25) is 0 Å². The maximum Gasteiger partial charge on any atom is 0.387 e. The van der Waals surface area contributed by atoms with E-state index in [4.69, 9.17) is 5.73 Å². The van der Waals surface area contributed by atoms with Crippen LogP contribution in [0.1, 0.15) is 20.8 Å². The van der Waals surface area contributed by atoms with Gasteiger partial charge in [-0.05, 0) is 32.9 Å². The van der Waals surface area contributed by atoms with Gasteiger partial charge in [0.1, 0.15) is 0 Å². The van der Waals surface area contributed by atoms with E-state index >= 15 is 0 Å². The lowest BCUT2D eigenvalue weighted by Gasteiger charge is -2.43. The van der Waals surface area contributed by atoms with Crippen molar-refractivity contribution in [2.24, 2.45) is 0 Å². The Bertz CT molecular complexity index is 480. The molecule has 118 valence electrons. The third-order valence-corrected chi connectivity index (χ3v) is 3.81. The van der Waals surface area contributed by atoms with Gasteiger partial charge in [0.25, 0.3) is 0 Å². The van der Waals surface area contributed by atoms with Crippen LogP contribution in [-0.2, 0) is 0 Å². The van der Waals surface area contributed by atoms with Gasteiger partial charge in [-0.3, -0.25) is 4.90 Å². The highest BCUT2D eigenvalue weighted by molar-refractivity contribution is 5.62. The fraction of sp³-hybridized carbons (Fsp3) is 0.600. The van der Waals surface area contributed by atoms with Crippen molar-refractivity contribution in [3.05, 3.63) is 18.2 Å². The molecular formula is C15H23F2N3O. The summed E-state index contributed by atoms with van der Waals surface area (Å²) < 4.78 is 29.2. The van der Waals surface area contributed by atoms with Crippen molar-refractivity contribution in [3.63, 3.8) is 0 Å². The zero-order valence-electron chi connectivity index (χ0n) is 12.8. The first-order valence-electron chi connectivity index (χ1n) is 7.12. The van der Waals surface area contributed by atoms with Crippen LogP contribution < -0.4 is 15.4 Å². The number of nitrogen functional groups attached to an aromatic ring is 1. The minimum Gasteiger partial charge on any atom is -0.433 e. The van der Waals surface area contributed by atoms with E-state index in [0.717, 1.165) is 31.9 Å². The Morgan fingerprint density at radius 1 is 1.14 bits per heavy atom. The van der Waals surface area contributed by atoms with Gasteiger partial charge in [0.05, 0.1) is 5.69 Å². The fourth-order valence-electron chi connectivity index (χ4n) is 2.55. The van der Waals surface area contributed by atoms with E-state index in [-0.39, 0.29) is 17.0 Å². The molecule has 0 radical (unpaired) electrons. The number of rotatable bonds is 3. The molecule has 0 amide bonds. The molecule has 1 heterocycles. The molecule has 1 saturated heterocycles. The molecule has 0 unspecified atom stereocenters. The summed E-state index contributed by atoms with van der Waals surface area (Å²) in [5.74, 6) is 0.0424. The molecule has 4 nitrogen and oxygen atoms in total. The first-order chi connectivity index (χ1) is 9.77. The molecule has 2 N–H and O–H groups in total. The van der Waals surface area contributed by atoms with Crippen molar-refractivity contribution in [1.29, 1.82) is 0 Å². The molecule has 1 aromatic carbocycles. The van der Waals surface area contributed by atoms with Crippen molar-refractivity contribution >= 4 is 11.4 Å². The summed E-state index contributed by atoms with van der Waals surface area (Å²) >= 11 is 0. The predicted octanol–water partition coefficient (Wildman–Crippen LogP) is 2.79. The number of hydrogen-bond donors (Lipinski definition) is 1. The summed E-state index contributed by atoms with van der Waals surface area (Å²) in [6.45, 7) is 7.32. The summed E-state index contributed by atoms with van der Waals surface area (Å²) in [5, 5.41) is 0. The third-order valence-electron chi connectivity index (χ3n) is 3.81. The molecule has 0 aromatic heterocycles. The Kier molecular flexibility index (Phi) is 4.56. The largest absolute Gasteiger partial charge is 0.433 e. The summed E-state index contributed by atoms with van der Waals surface area (Å²) in [7, 11) is 0. The van der Waals surface area contributed by atoms with Gasteiger partial charge in [0.15, 0.2) is 5.75 Å². The lowest BCUT2D eigenvalue weighted by atomic mass is 10.0. The second kappa shape index (κ2) is 6.05. The van der Waals surface area contributed by atoms with Crippen molar-refractivity contribution in [3.8, 4) is 5.75 Å². The number of nitrogens with two attached hydrogens (primary N) is 1. The van der Waals surface area contributed by atoms with Gasteiger partial charge in [0, 0.05) is 43.5 Å². The highest BCUT2D eigenvalue weighted by atomic mass is 19.3. The first-order valence-corrected chi connectivity index (χ1v) is 7.12. The number of benzene rings is 1. The van der Waals surface area contributed by atoms with E-state index in [1.165, 1.54) is 0 Å². The number of anilines is 2. The van der Waals surface area contributed by atoms with Crippen LogP contribution in [0.25, 0.3) is 0 Å². The highest BCUT2D eigenvalue weighted by Gasteiger charge is 2.26. The second-order valence-electron chi connectivity index (χ2n) is 6.25. The number of ether oxygens (including phenoxy) is 1. The van der Waals surface area contributed by atoms with Crippen LogP contribution in [0.5, 0.6) is 5.75 Å². The fourth-order valence-corrected chi connectivity index (χ4v) is 2.55. The molecule has 0 atom stereocenters. The monoisotopic (exact) mass is 299 g/mol. The minimum atomic E-state index is -2.86. The summed E-state index contributed by atoms with van der Waals surface area (Å²) in [5.41, 5.74) is 6.91. The summed E-state index contributed by atoms with van der Waals surface area (Å²) in [6.07, 6.45) is 0. The molecule has 6 heteroatoms. The Labute approximate surface area is 124 Å². The molecule has 0 spiro atoms. The Hall–Kier alpha value is -1.56. The number of piperazine rings is 1. The maximum atomic E-state index is 12.4. The third kappa shape index (κ3) is 3.97. The van der Waals surface area contributed by atoms with Gasteiger partial charge < -0.3 is 15.4 Å². The zero-order valence-corrected chi connectivity index (χ0v) is 12.8. The molecule has 0 bridgehead atoms. The smallest absolute Gasteiger partial charge is 0.387 e. The molecule has 1 aliphatic rings. The average molecular weight is 299 g/mol. The zero-order chi connectivity index (χ0) is 15.6. The molecule has 0 aliphatic carbocycles. The molecule has 21 heavy (non-hydrogen) atoms. The van der Waals surface area contributed by atoms with Crippen molar-refractivity contribution in [1.82, 2.24) is 4.90 Å². The van der Waals surface area contributed by atoms with Crippen LogP contribution in [0.15, 0.2) is 18.2 Å². The van der Waals surface area contributed by atoms with Crippen LogP contribution in [0.2, 0.25) is 0 Å². The van der Waals surface area contributed by atoms with Gasteiger partial charge in [-0.2, -0.15) is 8.78 Å². The molecule has 0 saturated carbocycles. The average Bonchev–Trinajstić information content (AvgIpc) is 2.40. The molecular weight excluding hydrogens is 276 g/mol. The van der Waals surface area contributed by atoms with Gasteiger partial charge in [-0.1, -0.05) is 0 Å². The van der Waals surface area contributed by atoms with Gasteiger partial charge >= 0.3 is 6.61 Å². The topological polar surface area (TPSA) is 41.7 Å². The van der Waals surface area contributed by atoms with Crippen LogP contribution in [0.4, 0.5) is 20.2 Å². The molecule has 2 rings (SSSR count). The predicted molar refractivity (Wildman–Crippen MR) is 81.0 cm³/mol. The number of halogens is 2. The summed E-state index contributed by atoms with van der Waals surface area (Å²) in [4.78, 5) is 4.58. The van der Waals surface area contributed by atoms with E-state index in [1.54, 1.807) is 12.1 Å². The van der Waals surface area contributed by atoms with Crippen molar-refractivity contribution in [2.75, 3.05) is 36.8 Å². The van der Waals surface area contributed by atoms with Gasteiger partial charge in [-0.15, -0.1) is 0 Å². The lowest BCUT2D eigenvalue weighted by molar-refractivity contribution is -0.0493. The van der Waals surface area contributed by atoms with Crippen LogP contribution in [-0.4, -0.2) is 43.2 Å². The second-order valence-corrected chi connectivity index (χ2v) is 6.25.